The molecule has 0 aliphatic carbocycles. The number of nitrogens with zero attached hydrogens (tertiary/aromatic N) is 2. The Morgan fingerprint density at radius 3 is 2.76 bits per heavy atom. The van der Waals surface area contributed by atoms with Crippen LogP contribution in [0.15, 0.2) is 30.5 Å². The van der Waals surface area contributed by atoms with Crippen molar-refractivity contribution >= 4 is 11.8 Å². The highest BCUT2D eigenvalue weighted by Gasteiger charge is 2.01. The van der Waals surface area contributed by atoms with Crippen LogP contribution in [0.3, 0.4) is 0 Å². The van der Waals surface area contributed by atoms with Gasteiger partial charge in [-0.25, -0.2) is 9.37 Å². The first-order valence-corrected chi connectivity index (χ1v) is 7.25. The standard InChI is InChI=1S/C16H21FN4/c1-3-8-19-16-20-10-7-15(21-16)18-9-6-13-4-5-14(17)11-12(13)2/h4-5,7,10-11H,3,6,8-9H2,1-2H3,(H2,18,19,20,21). The second kappa shape index (κ2) is 7.57. The van der Waals surface area contributed by atoms with Gasteiger partial charge in [-0.3, -0.25) is 0 Å². The first-order chi connectivity index (χ1) is 10.2. The molecule has 0 atom stereocenters. The van der Waals surface area contributed by atoms with E-state index in [1.165, 1.54) is 6.07 Å². The molecule has 0 saturated heterocycles. The van der Waals surface area contributed by atoms with E-state index >= 15 is 0 Å². The van der Waals surface area contributed by atoms with E-state index in [2.05, 4.69) is 27.5 Å². The third-order valence-corrected chi connectivity index (χ3v) is 3.19. The Morgan fingerprint density at radius 1 is 1.14 bits per heavy atom. The van der Waals surface area contributed by atoms with Crippen LogP contribution < -0.4 is 10.6 Å². The average Bonchev–Trinajstić information content (AvgIpc) is 2.48. The minimum absolute atomic E-state index is 0.188. The molecule has 5 heteroatoms. The van der Waals surface area contributed by atoms with Gasteiger partial charge in [-0.1, -0.05) is 13.0 Å². The van der Waals surface area contributed by atoms with E-state index in [4.69, 9.17) is 0 Å². The fourth-order valence-electron chi connectivity index (χ4n) is 2.04. The molecule has 0 saturated carbocycles. The van der Waals surface area contributed by atoms with E-state index < -0.39 is 0 Å². The summed E-state index contributed by atoms with van der Waals surface area (Å²) in [4.78, 5) is 8.55. The van der Waals surface area contributed by atoms with Crippen molar-refractivity contribution in [1.82, 2.24) is 9.97 Å². The van der Waals surface area contributed by atoms with E-state index in [9.17, 15) is 4.39 Å². The minimum Gasteiger partial charge on any atom is -0.370 e. The van der Waals surface area contributed by atoms with Crippen molar-refractivity contribution < 1.29 is 4.39 Å². The Balaban J connectivity index is 1.88. The van der Waals surface area contributed by atoms with Gasteiger partial charge < -0.3 is 10.6 Å². The lowest BCUT2D eigenvalue weighted by Gasteiger charge is -2.09. The lowest BCUT2D eigenvalue weighted by Crippen LogP contribution is -2.10. The second-order valence-electron chi connectivity index (χ2n) is 4.94. The molecule has 1 heterocycles. The Kier molecular flexibility index (Phi) is 5.49. The van der Waals surface area contributed by atoms with E-state index in [-0.39, 0.29) is 5.82 Å². The molecule has 0 aliphatic rings. The maximum absolute atomic E-state index is 13.0. The second-order valence-corrected chi connectivity index (χ2v) is 4.94. The number of halogens is 1. The highest BCUT2D eigenvalue weighted by molar-refractivity contribution is 5.39. The molecular weight excluding hydrogens is 267 g/mol. The van der Waals surface area contributed by atoms with Crippen molar-refractivity contribution in [3.8, 4) is 0 Å². The zero-order valence-electron chi connectivity index (χ0n) is 12.5. The fraction of sp³-hybridized carbons (Fsp3) is 0.375. The summed E-state index contributed by atoms with van der Waals surface area (Å²) in [6, 6.07) is 6.74. The smallest absolute Gasteiger partial charge is 0.224 e. The molecule has 21 heavy (non-hydrogen) atoms. The van der Waals surface area contributed by atoms with Crippen molar-refractivity contribution in [3.63, 3.8) is 0 Å². The van der Waals surface area contributed by atoms with Crippen LogP contribution in [0, 0.1) is 12.7 Å². The average molecular weight is 288 g/mol. The molecule has 0 amide bonds. The predicted molar refractivity (Wildman–Crippen MR) is 84.1 cm³/mol. The zero-order valence-corrected chi connectivity index (χ0v) is 12.5. The summed E-state index contributed by atoms with van der Waals surface area (Å²) in [5, 5.41) is 6.42. The molecule has 2 N–H and O–H groups in total. The maximum atomic E-state index is 13.0. The minimum atomic E-state index is -0.188. The summed E-state index contributed by atoms with van der Waals surface area (Å²) in [6.07, 6.45) is 3.59. The lowest BCUT2D eigenvalue weighted by molar-refractivity contribution is 0.625. The molecule has 0 unspecified atom stereocenters. The Labute approximate surface area is 124 Å². The molecule has 0 radical (unpaired) electrons. The van der Waals surface area contributed by atoms with Crippen molar-refractivity contribution in [1.29, 1.82) is 0 Å². The summed E-state index contributed by atoms with van der Waals surface area (Å²) in [5.41, 5.74) is 2.12. The summed E-state index contributed by atoms with van der Waals surface area (Å²) < 4.78 is 13.0. The van der Waals surface area contributed by atoms with Gasteiger partial charge in [0.15, 0.2) is 0 Å². The monoisotopic (exact) mass is 288 g/mol. The van der Waals surface area contributed by atoms with Crippen LogP contribution in [0.25, 0.3) is 0 Å². The van der Waals surface area contributed by atoms with E-state index in [1.807, 2.05) is 19.1 Å². The van der Waals surface area contributed by atoms with Gasteiger partial charge in [0.05, 0.1) is 0 Å². The molecule has 4 nitrogen and oxygen atoms in total. The van der Waals surface area contributed by atoms with Crippen LogP contribution >= 0.6 is 0 Å². The maximum Gasteiger partial charge on any atom is 0.224 e. The normalized spacial score (nSPS) is 10.4. The number of rotatable bonds is 7. The highest BCUT2D eigenvalue weighted by atomic mass is 19.1. The molecular formula is C16H21FN4. The Hall–Kier alpha value is -2.17. The lowest BCUT2D eigenvalue weighted by atomic mass is 10.1. The van der Waals surface area contributed by atoms with Gasteiger partial charge in [0, 0.05) is 19.3 Å². The molecule has 1 aromatic carbocycles. The number of benzene rings is 1. The van der Waals surface area contributed by atoms with Crippen LogP contribution in [0.2, 0.25) is 0 Å². The highest BCUT2D eigenvalue weighted by Crippen LogP contribution is 2.11. The van der Waals surface area contributed by atoms with Crippen LogP contribution in [0.4, 0.5) is 16.2 Å². The molecule has 2 rings (SSSR count). The van der Waals surface area contributed by atoms with E-state index in [1.54, 1.807) is 12.3 Å². The van der Waals surface area contributed by atoms with Gasteiger partial charge >= 0.3 is 0 Å². The SMILES string of the molecule is CCCNc1nccc(NCCc2ccc(F)cc2C)n1. The quantitative estimate of drug-likeness (QED) is 0.820. The topological polar surface area (TPSA) is 49.8 Å². The summed E-state index contributed by atoms with van der Waals surface area (Å²) >= 11 is 0. The molecule has 0 fully saturated rings. The van der Waals surface area contributed by atoms with Crippen molar-refractivity contribution in [2.24, 2.45) is 0 Å². The first kappa shape index (κ1) is 15.2. The number of aryl methyl sites for hydroxylation is 1. The largest absolute Gasteiger partial charge is 0.370 e. The zero-order chi connectivity index (χ0) is 15.1. The van der Waals surface area contributed by atoms with E-state index in [0.29, 0.717) is 5.95 Å². The number of hydrogen-bond donors (Lipinski definition) is 2. The third-order valence-electron chi connectivity index (χ3n) is 3.19. The van der Waals surface area contributed by atoms with Gasteiger partial charge in [-0.15, -0.1) is 0 Å². The molecule has 1 aromatic heterocycles. The van der Waals surface area contributed by atoms with Gasteiger partial charge in [0.1, 0.15) is 11.6 Å². The molecule has 2 aromatic rings. The van der Waals surface area contributed by atoms with Crippen LogP contribution in [-0.4, -0.2) is 23.1 Å². The van der Waals surface area contributed by atoms with Crippen LogP contribution in [-0.2, 0) is 6.42 Å². The van der Waals surface area contributed by atoms with Crippen LogP contribution in [0.1, 0.15) is 24.5 Å². The van der Waals surface area contributed by atoms with Gasteiger partial charge in [-0.2, -0.15) is 4.98 Å². The van der Waals surface area contributed by atoms with Crippen molar-refractivity contribution in [2.45, 2.75) is 26.7 Å². The number of nitrogens with one attached hydrogen (secondary N) is 2. The summed E-state index contributed by atoms with van der Waals surface area (Å²) in [7, 11) is 0. The van der Waals surface area contributed by atoms with Crippen LogP contribution in [0.5, 0.6) is 0 Å². The first-order valence-electron chi connectivity index (χ1n) is 7.25. The third kappa shape index (κ3) is 4.70. The van der Waals surface area contributed by atoms with E-state index in [0.717, 1.165) is 42.9 Å². The summed E-state index contributed by atoms with van der Waals surface area (Å²) in [5.74, 6) is 1.25. The predicted octanol–water partition coefficient (Wildman–Crippen LogP) is 3.40. The molecule has 112 valence electrons. The molecule has 0 spiro atoms. The number of aromatic nitrogens is 2. The Morgan fingerprint density at radius 2 is 2.00 bits per heavy atom. The van der Waals surface area contributed by atoms with Gasteiger partial charge in [0.25, 0.3) is 0 Å². The van der Waals surface area contributed by atoms with Gasteiger partial charge in [-0.05, 0) is 49.1 Å². The molecule has 0 bridgehead atoms. The number of anilines is 2. The molecule has 0 aliphatic heterocycles. The van der Waals surface area contributed by atoms with Crippen molar-refractivity contribution in [2.75, 3.05) is 23.7 Å². The fourth-order valence-corrected chi connectivity index (χ4v) is 2.04. The van der Waals surface area contributed by atoms with Gasteiger partial charge in [0.2, 0.25) is 5.95 Å². The number of hydrogen-bond acceptors (Lipinski definition) is 4. The summed E-state index contributed by atoms with van der Waals surface area (Å²) in [6.45, 7) is 5.63. The van der Waals surface area contributed by atoms with Crippen molar-refractivity contribution in [3.05, 3.63) is 47.4 Å². The Bertz CT molecular complexity index is 586.